The molecule has 0 unspecified atom stereocenters. The first-order valence-electron chi connectivity index (χ1n) is 8.39. The van der Waals surface area contributed by atoms with Crippen molar-refractivity contribution in [1.29, 1.82) is 0 Å². The quantitative estimate of drug-likeness (QED) is 0.636. The first-order chi connectivity index (χ1) is 12.8. The number of rotatable bonds is 4. The summed E-state index contributed by atoms with van der Waals surface area (Å²) in [6.07, 6.45) is 0.0752. The molecular weight excluding hydrogens is 370 g/mol. The summed E-state index contributed by atoms with van der Waals surface area (Å²) >= 11 is 6.13. The van der Waals surface area contributed by atoms with Crippen LogP contribution in [0.25, 0.3) is 0 Å². The van der Waals surface area contributed by atoms with Crippen LogP contribution in [0.1, 0.15) is 17.5 Å². The highest BCUT2D eigenvalue weighted by molar-refractivity contribution is 6.31. The van der Waals surface area contributed by atoms with Gasteiger partial charge in [0.15, 0.2) is 0 Å². The number of nitrogens with zero attached hydrogens (tertiary/aromatic N) is 2. The van der Waals surface area contributed by atoms with Gasteiger partial charge in [0.2, 0.25) is 11.8 Å². The summed E-state index contributed by atoms with van der Waals surface area (Å²) in [6, 6.07) is 9.59. The Morgan fingerprint density at radius 2 is 2.04 bits per heavy atom. The Kier molecular flexibility index (Phi) is 5.14. The first kappa shape index (κ1) is 18.8. The third kappa shape index (κ3) is 3.78. The Labute approximate surface area is 161 Å². The minimum absolute atomic E-state index is 0.0752. The summed E-state index contributed by atoms with van der Waals surface area (Å²) in [4.78, 5) is 37.1. The van der Waals surface area contributed by atoms with Crippen LogP contribution in [0.3, 0.4) is 0 Å². The molecule has 140 valence electrons. The zero-order valence-electron chi connectivity index (χ0n) is 14.9. The van der Waals surface area contributed by atoms with Crippen molar-refractivity contribution >= 4 is 40.5 Å². The van der Waals surface area contributed by atoms with E-state index in [1.54, 1.807) is 36.1 Å². The average Bonchev–Trinajstić information content (AvgIpc) is 3.01. The van der Waals surface area contributed by atoms with Crippen LogP contribution in [0.15, 0.2) is 36.4 Å². The molecule has 0 radical (unpaired) electrons. The van der Waals surface area contributed by atoms with Crippen molar-refractivity contribution in [2.24, 2.45) is 5.92 Å². The largest absolute Gasteiger partial charge is 0.325 e. The summed E-state index contributed by atoms with van der Waals surface area (Å²) < 4.78 is 0. The van der Waals surface area contributed by atoms with Gasteiger partial charge in [0.05, 0.1) is 16.5 Å². The van der Waals surface area contributed by atoms with Crippen molar-refractivity contribution in [2.45, 2.75) is 20.3 Å². The minimum atomic E-state index is -0.547. The molecule has 2 aromatic carbocycles. The smallest absolute Gasteiger partial charge is 0.271 e. The first-order valence-corrected chi connectivity index (χ1v) is 8.77. The molecule has 1 fully saturated rings. The molecule has 7 nitrogen and oxygen atoms in total. The van der Waals surface area contributed by atoms with E-state index in [2.05, 4.69) is 5.32 Å². The van der Waals surface area contributed by atoms with Gasteiger partial charge in [-0.2, -0.15) is 0 Å². The van der Waals surface area contributed by atoms with E-state index in [1.807, 2.05) is 6.92 Å². The molecule has 8 heteroatoms. The van der Waals surface area contributed by atoms with Gasteiger partial charge in [0.25, 0.3) is 5.69 Å². The van der Waals surface area contributed by atoms with E-state index in [9.17, 15) is 19.7 Å². The van der Waals surface area contributed by atoms with Gasteiger partial charge in [0, 0.05) is 35.8 Å². The van der Waals surface area contributed by atoms with Gasteiger partial charge in [-0.1, -0.05) is 23.7 Å². The third-order valence-electron chi connectivity index (χ3n) is 4.72. The van der Waals surface area contributed by atoms with E-state index in [1.165, 1.54) is 12.1 Å². The fourth-order valence-corrected chi connectivity index (χ4v) is 3.27. The molecule has 0 aliphatic carbocycles. The van der Waals surface area contributed by atoms with Crippen LogP contribution >= 0.6 is 11.6 Å². The van der Waals surface area contributed by atoms with Crippen molar-refractivity contribution in [3.8, 4) is 0 Å². The van der Waals surface area contributed by atoms with Crippen molar-refractivity contribution in [2.75, 3.05) is 16.8 Å². The Morgan fingerprint density at radius 1 is 1.30 bits per heavy atom. The maximum Gasteiger partial charge on any atom is 0.271 e. The highest BCUT2D eigenvalue weighted by Gasteiger charge is 2.36. The van der Waals surface area contributed by atoms with Crippen molar-refractivity contribution < 1.29 is 14.5 Å². The second-order valence-electron chi connectivity index (χ2n) is 6.53. The number of hydrogen-bond acceptors (Lipinski definition) is 4. The number of carbonyl (C=O) groups is 2. The van der Waals surface area contributed by atoms with E-state index in [-0.39, 0.29) is 30.5 Å². The molecule has 1 heterocycles. The number of nitro groups is 1. The second kappa shape index (κ2) is 7.36. The van der Waals surface area contributed by atoms with Gasteiger partial charge >= 0.3 is 0 Å². The number of amides is 2. The van der Waals surface area contributed by atoms with E-state index < -0.39 is 10.8 Å². The molecule has 2 amide bonds. The number of carbonyl (C=O) groups excluding carboxylic acids is 2. The molecule has 1 N–H and O–H groups in total. The van der Waals surface area contributed by atoms with E-state index >= 15 is 0 Å². The lowest BCUT2D eigenvalue weighted by molar-refractivity contribution is -0.384. The molecule has 0 spiro atoms. The van der Waals surface area contributed by atoms with Crippen LogP contribution in [0.2, 0.25) is 5.02 Å². The summed E-state index contributed by atoms with van der Waals surface area (Å²) in [6.45, 7) is 3.81. The van der Waals surface area contributed by atoms with Crippen LogP contribution in [0.5, 0.6) is 0 Å². The number of nitro benzene ring substituents is 1. The zero-order valence-corrected chi connectivity index (χ0v) is 15.6. The third-order valence-corrected chi connectivity index (χ3v) is 5.13. The summed E-state index contributed by atoms with van der Waals surface area (Å²) in [5, 5.41) is 14.2. The maximum atomic E-state index is 12.6. The molecule has 1 aliphatic rings. The fraction of sp³-hybridized carbons (Fsp3) is 0.263. The second-order valence-corrected chi connectivity index (χ2v) is 6.94. The highest BCUT2D eigenvalue weighted by atomic mass is 35.5. The number of nitrogens with one attached hydrogen (secondary N) is 1. The normalized spacial score (nSPS) is 16.5. The van der Waals surface area contributed by atoms with Crippen LogP contribution in [0, 0.1) is 29.9 Å². The highest BCUT2D eigenvalue weighted by Crippen LogP contribution is 2.32. The van der Waals surface area contributed by atoms with Crippen molar-refractivity contribution in [3.05, 3.63) is 62.7 Å². The molecule has 0 saturated carbocycles. The lowest BCUT2D eigenvalue weighted by Crippen LogP contribution is -2.28. The van der Waals surface area contributed by atoms with Crippen LogP contribution in [-0.2, 0) is 9.59 Å². The van der Waals surface area contributed by atoms with E-state index in [4.69, 9.17) is 11.6 Å². The fourth-order valence-electron chi connectivity index (χ4n) is 3.10. The van der Waals surface area contributed by atoms with Crippen molar-refractivity contribution in [3.63, 3.8) is 0 Å². The summed E-state index contributed by atoms with van der Waals surface area (Å²) in [5.74, 6) is -1.04. The molecule has 0 bridgehead atoms. The topological polar surface area (TPSA) is 92.5 Å². The molecule has 2 aromatic rings. The standard InChI is InChI=1S/C19H18ClN3O4/c1-11-6-7-14(23(26)27)9-16(11)21-19(25)13-8-18(24)22(10-13)17-5-3-4-15(20)12(17)2/h3-7,9,13H,8,10H2,1-2H3,(H,21,25)/t13-/m0/s1. The van der Waals surface area contributed by atoms with Crippen molar-refractivity contribution in [1.82, 2.24) is 0 Å². The van der Waals surface area contributed by atoms with Gasteiger partial charge in [-0.05, 0) is 37.1 Å². The number of hydrogen-bond donors (Lipinski definition) is 1. The van der Waals surface area contributed by atoms with E-state index in [0.717, 1.165) is 5.56 Å². The number of non-ortho nitro benzene ring substituents is 1. The molecule has 27 heavy (non-hydrogen) atoms. The predicted molar refractivity (Wildman–Crippen MR) is 103 cm³/mol. The average molecular weight is 388 g/mol. The SMILES string of the molecule is Cc1ccc([N+](=O)[O-])cc1NC(=O)[C@H]1CC(=O)N(c2cccc(Cl)c2C)C1. The number of benzene rings is 2. The van der Waals surface area contributed by atoms with Gasteiger partial charge < -0.3 is 10.2 Å². The Hall–Kier alpha value is -2.93. The van der Waals surface area contributed by atoms with Gasteiger partial charge in [-0.25, -0.2) is 0 Å². The Bertz CT molecular complexity index is 945. The molecule has 1 saturated heterocycles. The van der Waals surface area contributed by atoms with Gasteiger partial charge in [-0.15, -0.1) is 0 Å². The van der Waals surface area contributed by atoms with Crippen LogP contribution in [-0.4, -0.2) is 23.3 Å². The molecule has 1 atom stereocenters. The zero-order chi connectivity index (χ0) is 19.7. The lowest BCUT2D eigenvalue weighted by atomic mass is 10.1. The predicted octanol–water partition coefficient (Wildman–Crippen LogP) is 3.86. The number of anilines is 2. The molecule has 0 aromatic heterocycles. The summed E-state index contributed by atoms with van der Waals surface area (Å²) in [5.41, 5.74) is 2.45. The Balaban J connectivity index is 1.78. The van der Waals surface area contributed by atoms with Crippen LogP contribution in [0.4, 0.5) is 17.1 Å². The minimum Gasteiger partial charge on any atom is -0.325 e. The lowest BCUT2D eigenvalue weighted by Gasteiger charge is -2.19. The van der Waals surface area contributed by atoms with Gasteiger partial charge in [-0.3, -0.25) is 19.7 Å². The molecule has 1 aliphatic heterocycles. The van der Waals surface area contributed by atoms with Gasteiger partial charge in [0.1, 0.15) is 0 Å². The van der Waals surface area contributed by atoms with Crippen LogP contribution < -0.4 is 10.2 Å². The van der Waals surface area contributed by atoms with E-state index in [0.29, 0.717) is 22.0 Å². The Morgan fingerprint density at radius 3 is 2.74 bits per heavy atom. The number of halogens is 1. The number of aryl methyl sites for hydroxylation is 1. The molecule has 3 rings (SSSR count). The summed E-state index contributed by atoms with van der Waals surface area (Å²) in [7, 11) is 0. The maximum absolute atomic E-state index is 12.6. The monoisotopic (exact) mass is 387 g/mol. The molecular formula is C19H18ClN3O4.